The number of rotatable bonds is 6. The summed E-state index contributed by atoms with van der Waals surface area (Å²) in [6.07, 6.45) is 3.27. The van der Waals surface area contributed by atoms with Gasteiger partial charge in [-0.3, -0.25) is 19.0 Å². The number of anilines is 2. The number of carbonyl (C=O) groups excluding carboxylic acids is 1. The van der Waals surface area contributed by atoms with Crippen molar-refractivity contribution in [2.75, 3.05) is 23.3 Å². The van der Waals surface area contributed by atoms with Gasteiger partial charge < -0.3 is 14.8 Å². The van der Waals surface area contributed by atoms with Crippen LogP contribution >= 0.6 is 11.3 Å². The fourth-order valence-corrected chi connectivity index (χ4v) is 7.75. The zero-order chi connectivity index (χ0) is 28.0. The number of para-hydroxylation sites is 1. The van der Waals surface area contributed by atoms with Gasteiger partial charge in [-0.25, -0.2) is 13.1 Å². The maximum atomic E-state index is 13.8. The van der Waals surface area contributed by atoms with Crippen LogP contribution in [-0.4, -0.2) is 36.9 Å². The summed E-state index contributed by atoms with van der Waals surface area (Å²) < 4.78 is 43.8. The van der Waals surface area contributed by atoms with Crippen LogP contribution in [0.4, 0.5) is 10.7 Å². The minimum Gasteiger partial charge on any atom is -0.486 e. The number of hydrogen-bond acceptors (Lipinski definition) is 7. The smallest absolute Gasteiger partial charge is 0.295 e. The fraction of sp³-hybridized carbons (Fsp3) is 0.286. The average Bonchev–Trinajstić information content (AvgIpc) is 3.42. The molecular formula is C28H28N4O6S2. The number of carbonyl (C=O) groups is 1. The topological polar surface area (TPSA) is 121 Å². The lowest BCUT2D eigenvalue weighted by Crippen LogP contribution is -2.24. The van der Waals surface area contributed by atoms with E-state index in [0.717, 1.165) is 29.7 Å². The van der Waals surface area contributed by atoms with E-state index in [1.54, 1.807) is 24.7 Å². The van der Waals surface area contributed by atoms with Gasteiger partial charge >= 0.3 is 0 Å². The molecule has 2 aliphatic rings. The molecule has 0 unspecified atom stereocenters. The number of benzene rings is 2. The molecule has 208 valence electrons. The van der Waals surface area contributed by atoms with E-state index in [2.05, 4.69) is 10.0 Å². The Morgan fingerprint density at radius 3 is 2.50 bits per heavy atom. The summed E-state index contributed by atoms with van der Waals surface area (Å²) in [6, 6.07) is 13.6. The number of nitrogens with one attached hydrogen (secondary N) is 2. The third-order valence-electron chi connectivity index (χ3n) is 7.24. The van der Waals surface area contributed by atoms with Crippen molar-refractivity contribution in [1.29, 1.82) is 0 Å². The SMILES string of the molecule is Cc1c(NC(=O)c2c(NS(=O)(=O)c3ccc4c(c3)OCCO4)sc3c2CCCC3)c(=O)n(-c2ccccc2)n1C. The minimum absolute atomic E-state index is 0.000804. The Morgan fingerprint density at radius 1 is 1.00 bits per heavy atom. The normalized spacial score (nSPS) is 14.4. The summed E-state index contributed by atoms with van der Waals surface area (Å²) in [5.74, 6) is 0.313. The van der Waals surface area contributed by atoms with E-state index in [-0.39, 0.29) is 26.7 Å². The van der Waals surface area contributed by atoms with Crippen LogP contribution in [0.3, 0.4) is 0 Å². The molecule has 0 bridgehead atoms. The molecule has 10 nitrogen and oxygen atoms in total. The standard InChI is InChI=1S/C28H28N4O6S2/c1-17-25(28(34)32(31(17)2)18-8-4-3-5-9-18)29-26(33)24-20-10-6-7-11-23(20)39-27(24)30-40(35,36)19-12-13-21-22(16-19)38-15-14-37-21/h3-5,8-9,12-13,16,30H,6-7,10-11,14-15H2,1-2H3,(H,29,33). The Labute approximate surface area is 235 Å². The van der Waals surface area contributed by atoms with Crippen LogP contribution in [0.25, 0.3) is 5.69 Å². The van der Waals surface area contributed by atoms with Crippen LogP contribution in [0, 0.1) is 6.92 Å². The highest BCUT2D eigenvalue weighted by Gasteiger charge is 2.30. The molecule has 1 amide bonds. The molecule has 0 atom stereocenters. The minimum atomic E-state index is -4.06. The molecule has 4 aromatic rings. The second kappa shape index (κ2) is 10.2. The number of aromatic nitrogens is 2. The molecule has 40 heavy (non-hydrogen) atoms. The first kappa shape index (κ1) is 26.2. The van der Waals surface area contributed by atoms with Crippen LogP contribution < -0.4 is 25.1 Å². The van der Waals surface area contributed by atoms with E-state index in [1.165, 1.54) is 28.2 Å². The number of sulfonamides is 1. The maximum absolute atomic E-state index is 13.8. The van der Waals surface area contributed by atoms with Crippen molar-refractivity contribution in [2.24, 2.45) is 7.05 Å². The number of ether oxygens (including phenoxy) is 2. The van der Waals surface area contributed by atoms with Crippen LogP contribution in [0.5, 0.6) is 11.5 Å². The van der Waals surface area contributed by atoms with Crippen LogP contribution in [0.2, 0.25) is 0 Å². The molecule has 0 fully saturated rings. The van der Waals surface area contributed by atoms with Gasteiger partial charge in [-0.2, -0.15) is 0 Å². The van der Waals surface area contributed by atoms with Gasteiger partial charge in [-0.1, -0.05) is 18.2 Å². The molecule has 3 heterocycles. The third kappa shape index (κ3) is 4.56. The number of hydrogen-bond donors (Lipinski definition) is 2. The zero-order valence-electron chi connectivity index (χ0n) is 22.0. The molecule has 0 spiro atoms. The second-order valence-corrected chi connectivity index (χ2v) is 12.5. The lowest BCUT2D eigenvalue weighted by Gasteiger charge is -2.19. The van der Waals surface area contributed by atoms with Crippen LogP contribution in [0.1, 0.15) is 39.3 Å². The first-order chi connectivity index (χ1) is 19.2. The van der Waals surface area contributed by atoms with Gasteiger partial charge in [-0.05, 0) is 62.4 Å². The van der Waals surface area contributed by atoms with Gasteiger partial charge in [0, 0.05) is 18.0 Å². The Morgan fingerprint density at radius 2 is 1.73 bits per heavy atom. The van der Waals surface area contributed by atoms with Gasteiger partial charge in [-0.15, -0.1) is 11.3 Å². The van der Waals surface area contributed by atoms with Gasteiger partial charge in [0.05, 0.1) is 21.8 Å². The molecule has 2 aromatic heterocycles. The number of aryl methyl sites for hydroxylation is 1. The summed E-state index contributed by atoms with van der Waals surface area (Å²) in [5.41, 5.74) is 2.10. The number of fused-ring (bicyclic) bond motifs is 2. The summed E-state index contributed by atoms with van der Waals surface area (Å²) in [5, 5.41) is 3.04. The van der Waals surface area contributed by atoms with Crippen molar-refractivity contribution >= 4 is 38.0 Å². The summed E-state index contributed by atoms with van der Waals surface area (Å²) in [7, 11) is -2.31. The van der Waals surface area contributed by atoms with E-state index in [4.69, 9.17) is 9.47 Å². The summed E-state index contributed by atoms with van der Waals surface area (Å²) in [4.78, 5) is 28.2. The van der Waals surface area contributed by atoms with Crippen molar-refractivity contribution in [3.63, 3.8) is 0 Å². The molecule has 1 aliphatic heterocycles. The molecule has 1 aliphatic carbocycles. The monoisotopic (exact) mass is 580 g/mol. The first-order valence-electron chi connectivity index (χ1n) is 13.0. The van der Waals surface area contributed by atoms with Gasteiger partial charge in [0.15, 0.2) is 11.5 Å². The molecule has 0 radical (unpaired) electrons. The molecular weight excluding hydrogens is 552 g/mol. The van der Waals surface area contributed by atoms with Crippen LogP contribution in [0.15, 0.2) is 58.2 Å². The highest BCUT2D eigenvalue weighted by Crippen LogP contribution is 2.40. The van der Waals surface area contributed by atoms with Crippen molar-refractivity contribution in [3.8, 4) is 17.2 Å². The number of thiophene rings is 1. The second-order valence-electron chi connectivity index (χ2n) is 9.72. The van der Waals surface area contributed by atoms with Gasteiger partial charge in [0.1, 0.15) is 23.9 Å². The van der Waals surface area contributed by atoms with Crippen molar-refractivity contribution in [1.82, 2.24) is 9.36 Å². The average molecular weight is 581 g/mol. The maximum Gasteiger partial charge on any atom is 0.295 e. The predicted octanol–water partition coefficient (Wildman–Crippen LogP) is 4.25. The Kier molecular flexibility index (Phi) is 6.67. The van der Waals surface area contributed by atoms with E-state index in [1.807, 2.05) is 30.3 Å². The van der Waals surface area contributed by atoms with E-state index in [0.29, 0.717) is 42.5 Å². The Hall–Kier alpha value is -4.03. The lowest BCUT2D eigenvalue weighted by atomic mass is 9.95. The van der Waals surface area contributed by atoms with E-state index >= 15 is 0 Å². The highest BCUT2D eigenvalue weighted by atomic mass is 32.2. The molecule has 2 N–H and O–H groups in total. The summed E-state index contributed by atoms with van der Waals surface area (Å²) >= 11 is 1.27. The van der Waals surface area contributed by atoms with Crippen molar-refractivity contribution in [3.05, 3.63) is 80.6 Å². The summed E-state index contributed by atoms with van der Waals surface area (Å²) in [6.45, 7) is 2.48. The Bertz CT molecular complexity index is 1790. The molecule has 2 aromatic carbocycles. The largest absolute Gasteiger partial charge is 0.486 e. The van der Waals surface area contributed by atoms with E-state index in [9.17, 15) is 18.0 Å². The lowest BCUT2D eigenvalue weighted by molar-refractivity contribution is 0.102. The first-order valence-corrected chi connectivity index (χ1v) is 15.3. The fourth-order valence-electron chi connectivity index (χ4n) is 5.14. The molecule has 12 heteroatoms. The molecule has 0 saturated heterocycles. The quantitative estimate of drug-likeness (QED) is 0.352. The number of nitrogens with zero attached hydrogens (tertiary/aromatic N) is 2. The molecule has 0 saturated carbocycles. The van der Waals surface area contributed by atoms with Gasteiger partial charge in [0.25, 0.3) is 21.5 Å². The third-order valence-corrected chi connectivity index (χ3v) is 9.93. The van der Waals surface area contributed by atoms with Crippen molar-refractivity contribution in [2.45, 2.75) is 37.5 Å². The van der Waals surface area contributed by atoms with Gasteiger partial charge in [0.2, 0.25) is 0 Å². The predicted molar refractivity (Wildman–Crippen MR) is 153 cm³/mol. The van der Waals surface area contributed by atoms with Crippen molar-refractivity contribution < 1.29 is 22.7 Å². The zero-order valence-corrected chi connectivity index (χ0v) is 23.7. The Balaban J connectivity index is 1.36. The molecule has 6 rings (SSSR count). The highest BCUT2D eigenvalue weighted by molar-refractivity contribution is 7.93. The number of amides is 1. The van der Waals surface area contributed by atoms with E-state index < -0.39 is 15.9 Å². The van der Waals surface area contributed by atoms with Crippen LogP contribution in [-0.2, 0) is 29.9 Å².